The molecule has 1 aromatic carbocycles. The van der Waals surface area contributed by atoms with Gasteiger partial charge < -0.3 is 15.0 Å². The van der Waals surface area contributed by atoms with Crippen LogP contribution in [-0.4, -0.2) is 49.1 Å². The van der Waals surface area contributed by atoms with Crippen molar-refractivity contribution in [3.63, 3.8) is 0 Å². The molecule has 5 rings (SSSR count). The maximum absolute atomic E-state index is 13.5. The normalized spacial score (nSPS) is 26.6. The molecule has 2 aliphatic heterocycles. The fourth-order valence-corrected chi connectivity index (χ4v) is 5.51. The van der Waals surface area contributed by atoms with Crippen molar-refractivity contribution in [3.05, 3.63) is 64.4 Å². The summed E-state index contributed by atoms with van der Waals surface area (Å²) >= 11 is 0. The highest BCUT2D eigenvalue weighted by atomic mass is 19.1. The van der Waals surface area contributed by atoms with Crippen LogP contribution in [-0.2, 0) is 5.41 Å². The van der Waals surface area contributed by atoms with Gasteiger partial charge in [0.05, 0.1) is 12.1 Å². The Hall–Kier alpha value is -2.91. The fourth-order valence-electron chi connectivity index (χ4n) is 5.51. The fraction of sp³-hybridized carbons (Fsp3) is 0.462. The molecule has 2 atom stereocenters. The minimum Gasteiger partial charge on any atom is -0.490 e. The Bertz CT molecular complexity index is 1090. The number of piperidine rings is 1. The summed E-state index contributed by atoms with van der Waals surface area (Å²) in [5.41, 5.74) is 3.69. The highest BCUT2D eigenvalue weighted by Crippen LogP contribution is 2.48. The molecule has 0 aromatic heterocycles. The topological polar surface area (TPSA) is 65.4 Å². The first kappa shape index (κ1) is 21.0. The zero-order valence-corrected chi connectivity index (χ0v) is 18.5. The van der Waals surface area contributed by atoms with Gasteiger partial charge in [-0.05, 0) is 48.8 Å². The Morgan fingerprint density at radius 2 is 2.09 bits per heavy atom. The molecule has 0 amide bonds. The smallest absolute Gasteiger partial charge is 0.191 e. The average molecular weight is 434 g/mol. The monoisotopic (exact) mass is 433 g/mol. The number of nitrogens with one attached hydrogen (secondary N) is 1. The van der Waals surface area contributed by atoms with E-state index in [1.807, 2.05) is 36.4 Å². The number of alkyl halides is 1. The Labute approximate surface area is 188 Å². The zero-order valence-electron chi connectivity index (χ0n) is 18.5. The number of fused-ring (bicyclic) bond motifs is 3. The molecule has 1 aromatic rings. The molecule has 2 unspecified atom stereocenters. The Kier molecular flexibility index (Phi) is 5.17. The Morgan fingerprint density at radius 3 is 2.81 bits per heavy atom. The first-order valence-electron chi connectivity index (χ1n) is 11.4. The highest BCUT2D eigenvalue weighted by molar-refractivity contribution is 6.13. The number of nitrogens with zero attached hydrogens (tertiary/aromatic N) is 2. The van der Waals surface area contributed by atoms with Crippen LogP contribution in [0.15, 0.2) is 53.3 Å². The quantitative estimate of drug-likeness (QED) is 0.782. The largest absolute Gasteiger partial charge is 0.490 e. The number of ether oxygens (including phenoxy) is 1. The number of ketones is 1. The second-order valence-electron chi connectivity index (χ2n) is 9.59. The zero-order chi connectivity index (χ0) is 22.5. The van der Waals surface area contributed by atoms with Gasteiger partial charge in [0.25, 0.3) is 0 Å². The number of rotatable bonds is 4. The molecule has 5 nitrogen and oxygen atoms in total. The number of Topliss-reactive ketones (excluding diaryl/α,β-unsaturated/α-hetero) is 1. The van der Waals surface area contributed by atoms with E-state index in [0.717, 1.165) is 54.1 Å². The van der Waals surface area contributed by atoms with Crippen molar-refractivity contribution >= 4 is 5.78 Å². The summed E-state index contributed by atoms with van der Waals surface area (Å²) in [6.07, 6.45) is 7.56. The molecule has 6 heteroatoms. The van der Waals surface area contributed by atoms with Gasteiger partial charge >= 0.3 is 0 Å². The van der Waals surface area contributed by atoms with Crippen LogP contribution in [0.2, 0.25) is 0 Å². The van der Waals surface area contributed by atoms with Gasteiger partial charge in [-0.2, -0.15) is 5.26 Å². The van der Waals surface area contributed by atoms with Crippen LogP contribution in [0.25, 0.3) is 0 Å². The van der Waals surface area contributed by atoms with Crippen molar-refractivity contribution in [2.45, 2.75) is 44.2 Å². The van der Waals surface area contributed by atoms with Gasteiger partial charge in [-0.1, -0.05) is 19.9 Å². The van der Waals surface area contributed by atoms with Gasteiger partial charge in [0, 0.05) is 53.4 Å². The van der Waals surface area contributed by atoms with E-state index in [9.17, 15) is 14.4 Å². The van der Waals surface area contributed by atoms with Crippen molar-refractivity contribution in [1.82, 2.24) is 10.2 Å². The molecule has 1 N–H and O–H groups in total. The van der Waals surface area contributed by atoms with Crippen LogP contribution in [0.4, 0.5) is 4.39 Å². The lowest BCUT2D eigenvalue weighted by Crippen LogP contribution is -2.39. The molecule has 32 heavy (non-hydrogen) atoms. The van der Waals surface area contributed by atoms with E-state index in [2.05, 4.69) is 30.1 Å². The molecular weight excluding hydrogens is 405 g/mol. The summed E-state index contributed by atoms with van der Waals surface area (Å²) < 4.78 is 18.9. The predicted molar refractivity (Wildman–Crippen MR) is 120 cm³/mol. The lowest BCUT2D eigenvalue weighted by atomic mass is 9.70. The molecular formula is C26H28FN3O2. The minimum absolute atomic E-state index is 0.0487. The maximum atomic E-state index is 13.5. The van der Waals surface area contributed by atoms with Crippen LogP contribution in [0.1, 0.15) is 42.6 Å². The van der Waals surface area contributed by atoms with E-state index >= 15 is 0 Å². The summed E-state index contributed by atoms with van der Waals surface area (Å²) in [5.74, 6) is 0.783. The van der Waals surface area contributed by atoms with E-state index in [4.69, 9.17) is 4.74 Å². The van der Waals surface area contributed by atoms with Crippen LogP contribution < -0.4 is 10.1 Å². The number of hydrogen-bond donors (Lipinski definition) is 1. The van der Waals surface area contributed by atoms with Crippen LogP contribution in [0.5, 0.6) is 5.75 Å². The third kappa shape index (κ3) is 3.36. The van der Waals surface area contributed by atoms with Crippen molar-refractivity contribution in [2.75, 3.05) is 26.3 Å². The number of halogens is 1. The number of allylic oxidation sites excluding steroid dienone is 3. The number of carbonyl (C=O) groups is 1. The molecule has 2 aliphatic carbocycles. The molecule has 0 saturated carbocycles. The van der Waals surface area contributed by atoms with E-state index < -0.39 is 0 Å². The summed E-state index contributed by atoms with van der Waals surface area (Å²) in [4.78, 5) is 15.6. The SMILES string of the molecule is CC1(C)C2=C(C(=O)c3ccc(OC4CCN(CCF)CC4)cc31)C1C=CC(C#N)=CC1N2. The first-order chi connectivity index (χ1) is 15.4. The number of likely N-dealkylation sites (tertiary alicyclic amines) is 1. The van der Waals surface area contributed by atoms with Gasteiger partial charge in [-0.25, -0.2) is 4.39 Å². The van der Waals surface area contributed by atoms with E-state index in [0.29, 0.717) is 12.1 Å². The number of benzene rings is 1. The number of nitriles is 1. The predicted octanol–water partition coefficient (Wildman–Crippen LogP) is 3.84. The lowest BCUT2D eigenvalue weighted by molar-refractivity contribution is 0.0965. The summed E-state index contributed by atoms with van der Waals surface area (Å²) in [7, 11) is 0. The third-order valence-electron chi connectivity index (χ3n) is 7.29. The van der Waals surface area contributed by atoms with E-state index in [-0.39, 0.29) is 35.9 Å². The second-order valence-corrected chi connectivity index (χ2v) is 9.59. The van der Waals surface area contributed by atoms with Crippen molar-refractivity contribution in [2.24, 2.45) is 5.92 Å². The number of hydrogen-bond acceptors (Lipinski definition) is 5. The van der Waals surface area contributed by atoms with E-state index in [1.165, 1.54) is 0 Å². The summed E-state index contributed by atoms with van der Waals surface area (Å²) in [6, 6.07) is 7.94. The summed E-state index contributed by atoms with van der Waals surface area (Å²) in [6.45, 7) is 6.15. The van der Waals surface area contributed by atoms with Gasteiger partial charge in [-0.15, -0.1) is 0 Å². The molecule has 0 spiro atoms. The van der Waals surface area contributed by atoms with Crippen LogP contribution in [0.3, 0.4) is 0 Å². The molecule has 1 saturated heterocycles. The van der Waals surface area contributed by atoms with Gasteiger partial charge in [0.1, 0.15) is 18.5 Å². The van der Waals surface area contributed by atoms with Gasteiger partial charge in [0.2, 0.25) is 0 Å². The van der Waals surface area contributed by atoms with Crippen LogP contribution >= 0.6 is 0 Å². The standard InChI is InChI=1S/C26H28FN3O2/c1-26(2)21-14-18(32-17-7-10-30(11-8-17)12-9-27)4-6-19(21)24(31)23-20-5-3-16(15-28)13-22(20)29-25(23)26/h3-6,13-14,17,20,22,29H,7-12H2,1-2H3. The molecule has 4 aliphatic rings. The van der Waals surface area contributed by atoms with E-state index in [1.54, 1.807) is 0 Å². The van der Waals surface area contributed by atoms with Gasteiger partial charge in [0.15, 0.2) is 5.78 Å². The molecule has 166 valence electrons. The van der Waals surface area contributed by atoms with Crippen LogP contribution in [0, 0.1) is 17.2 Å². The first-order valence-corrected chi connectivity index (χ1v) is 11.4. The molecule has 0 bridgehead atoms. The highest BCUT2D eigenvalue weighted by Gasteiger charge is 2.47. The molecule has 0 radical (unpaired) electrons. The second kappa shape index (κ2) is 7.90. The van der Waals surface area contributed by atoms with Crippen molar-refractivity contribution < 1.29 is 13.9 Å². The molecule has 2 heterocycles. The van der Waals surface area contributed by atoms with Crippen molar-refractivity contribution in [3.8, 4) is 11.8 Å². The lowest BCUT2D eigenvalue weighted by Gasteiger charge is -2.35. The molecule has 1 fully saturated rings. The van der Waals surface area contributed by atoms with Gasteiger partial charge in [-0.3, -0.25) is 4.79 Å². The Balaban J connectivity index is 1.40. The minimum atomic E-state index is -0.381. The maximum Gasteiger partial charge on any atom is 0.191 e. The van der Waals surface area contributed by atoms with Crippen molar-refractivity contribution in [1.29, 1.82) is 5.26 Å². The average Bonchev–Trinajstić information content (AvgIpc) is 3.19. The Morgan fingerprint density at radius 1 is 1.31 bits per heavy atom. The third-order valence-corrected chi connectivity index (χ3v) is 7.29. The summed E-state index contributed by atoms with van der Waals surface area (Å²) in [5, 5.41) is 12.8. The number of carbonyl (C=O) groups excluding carboxylic acids is 1.